The molecule has 1 rings (SSSR count). The fourth-order valence-electron chi connectivity index (χ4n) is 1.12. The molecule has 0 aliphatic carbocycles. The van der Waals surface area contributed by atoms with E-state index in [1.165, 1.54) is 0 Å². The maximum atomic E-state index is 12.8. The predicted molar refractivity (Wildman–Crippen MR) is 62.9 cm³/mol. The lowest BCUT2D eigenvalue weighted by molar-refractivity contribution is 0.174. The fraction of sp³-hybridized carbons (Fsp3) is 0.400. The molecule has 1 aromatic carbocycles. The van der Waals surface area contributed by atoms with Crippen molar-refractivity contribution in [3.05, 3.63) is 29.0 Å². The average Bonchev–Trinajstić information content (AvgIpc) is 2.25. The normalized spacial score (nSPS) is 13.6. The van der Waals surface area contributed by atoms with Crippen molar-refractivity contribution < 1.29 is 17.9 Å². The quantitative estimate of drug-likeness (QED) is 0.860. The molecule has 7 heteroatoms. The molecule has 0 aromatic heterocycles. The number of benzene rings is 1. The largest absolute Gasteiger partial charge is 0.392 e. The van der Waals surface area contributed by atoms with Gasteiger partial charge in [-0.05, 0) is 24.6 Å². The Morgan fingerprint density at radius 2 is 2.18 bits per heavy atom. The van der Waals surface area contributed by atoms with Crippen LogP contribution in [0.25, 0.3) is 0 Å². The first kappa shape index (κ1) is 14.4. The highest BCUT2D eigenvalue weighted by Gasteiger charge is 2.18. The van der Waals surface area contributed by atoms with Crippen molar-refractivity contribution in [3.63, 3.8) is 0 Å². The van der Waals surface area contributed by atoms with Gasteiger partial charge in [-0.15, -0.1) is 0 Å². The summed E-state index contributed by atoms with van der Waals surface area (Å²) in [6, 6.07) is 3.02. The van der Waals surface area contributed by atoms with Gasteiger partial charge in [-0.3, -0.25) is 0 Å². The zero-order chi connectivity index (χ0) is 13.1. The molecule has 4 nitrogen and oxygen atoms in total. The predicted octanol–water partition coefficient (Wildman–Crippen LogP) is 1.53. The van der Waals surface area contributed by atoms with Crippen LogP contribution in [0.2, 0.25) is 5.02 Å². The van der Waals surface area contributed by atoms with Crippen molar-refractivity contribution in [2.45, 2.75) is 24.3 Å². The minimum absolute atomic E-state index is 0.105. The highest BCUT2D eigenvalue weighted by atomic mass is 35.5. The number of hydrogen-bond donors (Lipinski definition) is 2. The van der Waals surface area contributed by atoms with E-state index in [4.69, 9.17) is 11.6 Å². The highest BCUT2D eigenvalue weighted by molar-refractivity contribution is 7.89. The Kier molecular flexibility index (Phi) is 4.88. The molecule has 17 heavy (non-hydrogen) atoms. The summed E-state index contributed by atoms with van der Waals surface area (Å²) < 4.78 is 38.5. The molecule has 96 valence electrons. The van der Waals surface area contributed by atoms with Gasteiger partial charge >= 0.3 is 0 Å². The third-order valence-electron chi connectivity index (χ3n) is 2.16. The number of aliphatic hydroxyl groups is 1. The van der Waals surface area contributed by atoms with Crippen molar-refractivity contribution in [2.24, 2.45) is 0 Å². The van der Waals surface area contributed by atoms with Crippen molar-refractivity contribution >= 4 is 21.6 Å². The Balaban J connectivity index is 2.90. The van der Waals surface area contributed by atoms with Gasteiger partial charge in [0.1, 0.15) is 10.7 Å². The molecule has 1 aromatic rings. The molecular formula is C10H13ClFNO3S. The minimum Gasteiger partial charge on any atom is -0.392 e. The van der Waals surface area contributed by atoms with E-state index in [1.807, 2.05) is 0 Å². The topological polar surface area (TPSA) is 66.4 Å². The first-order valence-electron chi connectivity index (χ1n) is 4.99. The standard InChI is InChI=1S/C10H13ClFNO3S/c1-2-8(14)6-13-17(15,16)10-4-3-7(12)5-9(10)11/h3-5,8,13-14H,2,6H2,1H3. The summed E-state index contributed by atoms with van der Waals surface area (Å²) in [4.78, 5) is -0.205. The maximum Gasteiger partial charge on any atom is 0.242 e. The van der Waals surface area contributed by atoms with E-state index >= 15 is 0 Å². The van der Waals surface area contributed by atoms with Gasteiger partial charge in [-0.1, -0.05) is 18.5 Å². The number of rotatable bonds is 5. The molecule has 0 amide bonds. The van der Waals surface area contributed by atoms with Gasteiger partial charge in [0.05, 0.1) is 11.1 Å². The molecule has 1 unspecified atom stereocenters. The second kappa shape index (κ2) is 5.77. The van der Waals surface area contributed by atoms with Crippen molar-refractivity contribution in [3.8, 4) is 0 Å². The van der Waals surface area contributed by atoms with Crippen LogP contribution in [0.1, 0.15) is 13.3 Å². The van der Waals surface area contributed by atoms with Crippen LogP contribution in [-0.4, -0.2) is 26.2 Å². The monoisotopic (exact) mass is 281 g/mol. The molecule has 0 saturated carbocycles. The van der Waals surface area contributed by atoms with E-state index in [2.05, 4.69) is 4.72 Å². The summed E-state index contributed by atoms with van der Waals surface area (Å²) in [6.45, 7) is 1.62. The van der Waals surface area contributed by atoms with E-state index in [0.29, 0.717) is 6.42 Å². The summed E-state index contributed by atoms with van der Waals surface area (Å²) in [5.41, 5.74) is 0. The van der Waals surface area contributed by atoms with Crippen molar-refractivity contribution in [1.82, 2.24) is 4.72 Å². The van der Waals surface area contributed by atoms with Crippen molar-refractivity contribution in [2.75, 3.05) is 6.54 Å². The molecule has 1 atom stereocenters. The second-order valence-corrected chi connectivity index (χ2v) is 5.63. The van der Waals surface area contributed by atoms with E-state index in [-0.39, 0.29) is 16.5 Å². The first-order chi connectivity index (χ1) is 7.86. The van der Waals surface area contributed by atoms with Crippen LogP contribution in [0.3, 0.4) is 0 Å². The number of halogens is 2. The molecule has 0 aliphatic heterocycles. The van der Waals surface area contributed by atoms with E-state index in [9.17, 15) is 17.9 Å². The Bertz CT molecular complexity index is 492. The number of nitrogens with one attached hydrogen (secondary N) is 1. The third kappa shape index (κ3) is 3.92. The molecule has 0 radical (unpaired) electrons. The Hall–Kier alpha value is -0.690. The number of aliphatic hydroxyl groups excluding tert-OH is 1. The van der Waals surface area contributed by atoms with Crippen LogP contribution in [0.4, 0.5) is 4.39 Å². The van der Waals surface area contributed by atoms with Gasteiger partial charge in [0, 0.05) is 6.54 Å². The van der Waals surface area contributed by atoms with Gasteiger partial charge in [0.25, 0.3) is 0 Å². The molecule has 0 spiro atoms. The van der Waals surface area contributed by atoms with Gasteiger partial charge in [-0.25, -0.2) is 17.5 Å². The SMILES string of the molecule is CCC(O)CNS(=O)(=O)c1ccc(F)cc1Cl. The molecule has 0 saturated heterocycles. The van der Waals surface area contributed by atoms with Crippen LogP contribution < -0.4 is 4.72 Å². The summed E-state index contributed by atoms with van der Waals surface area (Å²) in [7, 11) is -3.82. The summed E-state index contributed by atoms with van der Waals surface area (Å²) in [5, 5.41) is 9.07. The zero-order valence-electron chi connectivity index (χ0n) is 9.15. The summed E-state index contributed by atoms with van der Waals surface area (Å²) in [6.07, 6.45) is -0.330. The van der Waals surface area contributed by atoms with Gasteiger partial charge < -0.3 is 5.11 Å². The molecule has 0 aliphatic rings. The maximum absolute atomic E-state index is 12.8. The van der Waals surface area contributed by atoms with E-state index in [1.54, 1.807) is 6.92 Å². The van der Waals surface area contributed by atoms with E-state index < -0.39 is 21.9 Å². The Morgan fingerprint density at radius 1 is 1.53 bits per heavy atom. The first-order valence-corrected chi connectivity index (χ1v) is 6.85. The van der Waals surface area contributed by atoms with Gasteiger partial charge in [0.15, 0.2) is 0 Å². The smallest absolute Gasteiger partial charge is 0.242 e. The zero-order valence-corrected chi connectivity index (χ0v) is 10.7. The molecule has 0 heterocycles. The van der Waals surface area contributed by atoms with Crippen LogP contribution in [0.15, 0.2) is 23.1 Å². The second-order valence-electron chi connectivity index (χ2n) is 3.49. The van der Waals surface area contributed by atoms with E-state index in [0.717, 1.165) is 18.2 Å². The third-order valence-corrected chi connectivity index (χ3v) is 4.07. The minimum atomic E-state index is -3.82. The summed E-state index contributed by atoms with van der Waals surface area (Å²) >= 11 is 5.64. The van der Waals surface area contributed by atoms with Gasteiger partial charge in [-0.2, -0.15) is 0 Å². The lowest BCUT2D eigenvalue weighted by Crippen LogP contribution is -2.31. The Morgan fingerprint density at radius 3 is 2.71 bits per heavy atom. The molecule has 0 bridgehead atoms. The lowest BCUT2D eigenvalue weighted by Gasteiger charge is -2.11. The van der Waals surface area contributed by atoms with Gasteiger partial charge in [0.2, 0.25) is 10.0 Å². The Labute approximate surface area is 104 Å². The van der Waals surface area contributed by atoms with Crippen LogP contribution in [0, 0.1) is 5.82 Å². The fourth-order valence-corrected chi connectivity index (χ4v) is 2.72. The van der Waals surface area contributed by atoms with Crippen LogP contribution in [0.5, 0.6) is 0 Å². The van der Waals surface area contributed by atoms with Crippen molar-refractivity contribution in [1.29, 1.82) is 0 Å². The molecular weight excluding hydrogens is 269 g/mol. The van der Waals surface area contributed by atoms with Crippen LogP contribution in [-0.2, 0) is 10.0 Å². The average molecular weight is 282 g/mol. The van der Waals surface area contributed by atoms with Crippen LogP contribution >= 0.6 is 11.6 Å². The highest BCUT2D eigenvalue weighted by Crippen LogP contribution is 2.21. The number of hydrogen-bond acceptors (Lipinski definition) is 3. The lowest BCUT2D eigenvalue weighted by atomic mass is 10.3. The molecule has 2 N–H and O–H groups in total. The number of sulfonamides is 1. The summed E-state index contributed by atoms with van der Waals surface area (Å²) in [5.74, 6) is -0.609. The molecule has 0 fully saturated rings.